The van der Waals surface area contributed by atoms with Crippen LogP contribution in [-0.4, -0.2) is 77.0 Å². The third-order valence-electron chi connectivity index (χ3n) is 6.00. The van der Waals surface area contributed by atoms with Gasteiger partial charge in [0.2, 0.25) is 0 Å². The fraction of sp³-hybridized carbons (Fsp3) is 0.455. The van der Waals surface area contributed by atoms with Gasteiger partial charge >= 0.3 is 0 Å². The van der Waals surface area contributed by atoms with Crippen molar-refractivity contribution in [1.82, 2.24) is 14.4 Å². The van der Waals surface area contributed by atoms with Crippen molar-refractivity contribution in [3.63, 3.8) is 0 Å². The zero-order chi connectivity index (χ0) is 20.2. The van der Waals surface area contributed by atoms with Crippen molar-refractivity contribution in [2.24, 2.45) is 12.2 Å². The number of para-hydroxylation sites is 1. The maximum atomic E-state index is 12.9. The Balaban J connectivity index is 1.29. The lowest BCUT2D eigenvalue weighted by atomic mass is 10.1. The first-order valence-corrected chi connectivity index (χ1v) is 10.4. The Bertz CT molecular complexity index is 869. The lowest BCUT2D eigenvalue weighted by Gasteiger charge is -2.36. The van der Waals surface area contributed by atoms with Crippen LogP contribution in [-0.2, 0) is 7.05 Å². The SMILES string of the molecule is Cn1ccc2c1C(=NO)CCN(CCCN1CCN(c3ccccc3)CC1)C2=O. The number of fused-ring (bicyclic) bond motifs is 1. The smallest absolute Gasteiger partial charge is 0.256 e. The molecule has 0 bridgehead atoms. The summed E-state index contributed by atoms with van der Waals surface area (Å²) >= 11 is 0. The van der Waals surface area contributed by atoms with Crippen LogP contribution in [0.5, 0.6) is 0 Å². The molecule has 0 aliphatic carbocycles. The quantitative estimate of drug-likeness (QED) is 0.623. The molecule has 0 spiro atoms. The Morgan fingerprint density at radius 1 is 1.00 bits per heavy atom. The van der Waals surface area contributed by atoms with Gasteiger partial charge in [-0.3, -0.25) is 9.69 Å². The lowest BCUT2D eigenvalue weighted by molar-refractivity contribution is 0.0755. The molecule has 0 unspecified atom stereocenters. The van der Waals surface area contributed by atoms with Crippen LogP contribution < -0.4 is 4.90 Å². The Morgan fingerprint density at radius 3 is 2.48 bits per heavy atom. The van der Waals surface area contributed by atoms with Gasteiger partial charge in [0.15, 0.2) is 0 Å². The molecule has 1 N–H and O–H groups in total. The van der Waals surface area contributed by atoms with Gasteiger partial charge in [0.05, 0.1) is 11.3 Å². The number of nitrogens with zero attached hydrogens (tertiary/aromatic N) is 5. The highest BCUT2D eigenvalue weighted by Gasteiger charge is 2.28. The summed E-state index contributed by atoms with van der Waals surface area (Å²) in [4.78, 5) is 19.8. The topological polar surface area (TPSA) is 64.3 Å². The first-order valence-electron chi connectivity index (χ1n) is 10.4. The van der Waals surface area contributed by atoms with Crippen LogP contribution in [0.25, 0.3) is 0 Å². The van der Waals surface area contributed by atoms with E-state index < -0.39 is 0 Å². The van der Waals surface area contributed by atoms with E-state index in [1.165, 1.54) is 5.69 Å². The minimum Gasteiger partial charge on any atom is -0.411 e. The number of hydrogen-bond acceptors (Lipinski definition) is 5. The second kappa shape index (κ2) is 8.69. The standard InChI is InChI=1S/C22H29N5O2/c1-24-12-8-19-21(24)20(23-29)9-13-27(22(19)28)11-5-10-25-14-16-26(17-15-25)18-6-3-2-4-7-18/h2-4,6-8,12,29H,5,9-11,13-17H2,1H3. The molecule has 1 aromatic carbocycles. The van der Waals surface area contributed by atoms with Gasteiger partial charge in [0.25, 0.3) is 5.91 Å². The molecule has 7 nitrogen and oxygen atoms in total. The predicted molar refractivity (Wildman–Crippen MR) is 114 cm³/mol. The van der Waals surface area contributed by atoms with Gasteiger partial charge in [-0.15, -0.1) is 0 Å². The molecule has 154 valence electrons. The highest BCUT2D eigenvalue weighted by molar-refractivity contribution is 6.10. The van der Waals surface area contributed by atoms with Crippen LogP contribution in [0.4, 0.5) is 5.69 Å². The third kappa shape index (κ3) is 4.15. The van der Waals surface area contributed by atoms with Crippen molar-refractivity contribution in [2.45, 2.75) is 12.8 Å². The summed E-state index contributed by atoms with van der Waals surface area (Å²) in [6.45, 7) is 6.49. The number of aryl methyl sites for hydroxylation is 1. The molecule has 2 aromatic rings. The fourth-order valence-corrected chi connectivity index (χ4v) is 4.36. The fourth-order valence-electron chi connectivity index (χ4n) is 4.36. The highest BCUT2D eigenvalue weighted by atomic mass is 16.4. The largest absolute Gasteiger partial charge is 0.411 e. The zero-order valence-electron chi connectivity index (χ0n) is 17.0. The predicted octanol–water partition coefficient (Wildman–Crippen LogP) is 2.26. The first kappa shape index (κ1) is 19.5. The number of carbonyl (C=O) groups excluding carboxylic acids is 1. The van der Waals surface area contributed by atoms with E-state index in [9.17, 15) is 10.0 Å². The summed E-state index contributed by atoms with van der Waals surface area (Å²) in [6, 6.07) is 12.4. The number of piperazine rings is 1. The molecule has 7 heteroatoms. The number of amides is 1. The average molecular weight is 396 g/mol. The monoisotopic (exact) mass is 395 g/mol. The molecule has 0 saturated carbocycles. The maximum absolute atomic E-state index is 12.9. The molecule has 2 aliphatic rings. The second-order valence-corrected chi connectivity index (χ2v) is 7.80. The molecule has 4 rings (SSSR count). The summed E-state index contributed by atoms with van der Waals surface area (Å²) in [6.07, 6.45) is 3.37. The molecule has 2 aliphatic heterocycles. The van der Waals surface area contributed by atoms with Crippen LogP contribution in [0.1, 0.15) is 28.9 Å². The Labute approximate surface area is 171 Å². The second-order valence-electron chi connectivity index (χ2n) is 7.80. The van der Waals surface area contributed by atoms with Gasteiger partial charge in [-0.25, -0.2) is 0 Å². The molecule has 1 amide bonds. The molecular formula is C22H29N5O2. The average Bonchev–Trinajstić information content (AvgIpc) is 3.08. The van der Waals surface area contributed by atoms with Gasteiger partial charge in [0.1, 0.15) is 5.71 Å². The highest BCUT2D eigenvalue weighted by Crippen LogP contribution is 2.21. The van der Waals surface area contributed by atoms with Crippen molar-refractivity contribution >= 4 is 17.3 Å². The van der Waals surface area contributed by atoms with Crippen molar-refractivity contribution in [3.05, 3.63) is 53.9 Å². The van der Waals surface area contributed by atoms with Crippen molar-refractivity contribution in [2.75, 3.05) is 50.7 Å². The van der Waals surface area contributed by atoms with Gasteiger partial charge in [-0.1, -0.05) is 23.4 Å². The summed E-state index contributed by atoms with van der Waals surface area (Å²) in [5, 5.41) is 12.8. The van der Waals surface area contributed by atoms with Gasteiger partial charge in [-0.2, -0.15) is 0 Å². The number of aromatic nitrogens is 1. The Hall–Kier alpha value is -2.80. The van der Waals surface area contributed by atoms with Gasteiger partial charge < -0.3 is 19.6 Å². The van der Waals surface area contributed by atoms with E-state index in [0.29, 0.717) is 24.2 Å². The van der Waals surface area contributed by atoms with E-state index >= 15 is 0 Å². The van der Waals surface area contributed by atoms with Crippen LogP contribution in [0.2, 0.25) is 0 Å². The Kier molecular flexibility index (Phi) is 5.85. The van der Waals surface area contributed by atoms with E-state index in [1.54, 1.807) is 0 Å². The minimum absolute atomic E-state index is 0.0353. The van der Waals surface area contributed by atoms with Crippen molar-refractivity contribution in [1.29, 1.82) is 0 Å². The number of hydrogen-bond donors (Lipinski definition) is 1. The first-order chi connectivity index (χ1) is 14.2. The van der Waals surface area contributed by atoms with Gasteiger partial charge in [-0.05, 0) is 31.2 Å². The van der Waals surface area contributed by atoms with E-state index in [2.05, 4.69) is 45.3 Å². The van der Waals surface area contributed by atoms with E-state index in [-0.39, 0.29) is 5.91 Å². The van der Waals surface area contributed by atoms with E-state index in [0.717, 1.165) is 51.4 Å². The van der Waals surface area contributed by atoms with Crippen LogP contribution >= 0.6 is 0 Å². The number of anilines is 1. The molecule has 0 radical (unpaired) electrons. The summed E-state index contributed by atoms with van der Waals surface area (Å²) < 4.78 is 1.86. The molecule has 1 aromatic heterocycles. The zero-order valence-corrected chi connectivity index (χ0v) is 17.0. The Morgan fingerprint density at radius 2 is 1.76 bits per heavy atom. The van der Waals surface area contributed by atoms with Crippen molar-refractivity contribution < 1.29 is 10.0 Å². The van der Waals surface area contributed by atoms with Crippen LogP contribution in [0, 0.1) is 0 Å². The minimum atomic E-state index is 0.0353. The van der Waals surface area contributed by atoms with Gasteiger partial charge in [0, 0.05) is 64.6 Å². The maximum Gasteiger partial charge on any atom is 0.256 e. The van der Waals surface area contributed by atoms with E-state index in [4.69, 9.17) is 0 Å². The molecule has 1 fully saturated rings. The van der Waals surface area contributed by atoms with Crippen LogP contribution in [0.3, 0.4) is 0 Å². The lowest BCUT2D eigenvalue weighted by Crippen LogP contribution is -2.47. The third-order valence-corrected chi connectivity index (χ3v) is 6.00. The number of oxime groups is 1. The van der Waals surface area contributed by atoms with Crippen molar-refractivity contribution in [3.8, 4) is 0 Å². The molecule has 29 heavy (non-hydrogen) atoms. The number of benzene rings is 1. The summed E-state index contributed by atoms with van der Waals surface area (Å²) in [5.74, 6) is 0.0353. The molecule has 3 heterocycles. The normalized spacial score (nSPS) is 19.5. The van der Waals surface area contributed by atoms with E-state index in [1.807, 2.05) is 28.8 Å². The summed E-state index contributed by atoms with van der Waals surface area (Å²) in [7, 11) is 1.88. The molecular weight excluding hydrogens is 366 g/mol. The molecule has 1 saturated heterocycles. The van der Waals surface area contributed by atoms with Crippen LogP contribution in [0.15, 0.2) is 47.8 Å². The summed E-state index contributed by atoms with van der Waals surface area (Å²) in [5.41, 5.74) is 3.24. The number of rotatable bonds is 5. The number of carbonyl (C=O) groups is 1. The molecule has 0 atom stereocenters.